The Bertz CT molecular complexity index is 816. The molecule has 1 aliphatic rings. The topological polar surface area (TPSA) is 72.8 Å². The smallest absolute Gasteiger partial charge is 0.408 e. The number of amides is 1. The molecule has 156 valence electrons. The van der Waals surface area contributed by atoms with Crippen molar-refractivity contribution in [2.24, 2.45) is 0 Å². The molecule has 5 heteroatoms. The number of rotatable bonds is 7. The van der Waals surface area contributed by atoms with Crippen LogP contribution in [0.1, 0.15) is 49.9 Å². The number of aryl methyl sites for hydroxylation is 1. The first-order valence-corrected chi connectivity index (χ1v) is 10.3. The van der Waals surface area contributed by atoms with E-state index in [0.29, 0.717) is 13.0 Å². The van der Waals surface area contributed by atoms with E-state index in [1.807, 2.05) is 57.2 Å². The summed E-state index contributed by atoms with van der Waals surface area (Å²) >= 11 is 0. The van der Waals surface area contributed by atoms with Crippen LogP contribution >= 0.6 is 0 Å². The first-order chi connectivity index (χ1) is 13.8. The van der Waals surface area contributed by atoms with Crippen molar-refractivity contribution in [3.63, 3.8) is 0 Å². The SMILES string of the molecule is CC(C)(C)N(C(=O)O)[C@@H](Cc1ccccc1)[C@H](O)CNC1CCc2ccccc21. The second kappa shape index (κ2) is 8.97. The monoisotopic (exact) mass is 396 g/mol. The van der Waals surface area contributed by atoms with E-state index in [4.69, 9.17) is 0 Å². The van der Waals surface area contributed by atoms with Gasteiger partial charge in [-0.15, -0.1) is 0 Å². The van der Waals surface area contributed by atoms with Crippen LogP contribution in [0.3, 0.4) is 0 Å². The molecular formula is C24H32N2O3. The molecular weight excluding hydrogens is 364 g/mol. The lowest BCUT2D eigenvalue weighted by molar-refractivity contribution is 0.00687. The Morgan fingerprint density at radius 2 is 1.79 bits per heavy atom. The lowest BCUT2D eigenvalue weighted by Gasteiger charge is -2.42. The number of fused-ring (bicyclic) bond motifs is 1. The maximum absolute atomic E-state index is 12.1. The molecule has 0 saturated carbocycles. The Labute approximate surface area is 173 Å². The molecule has 0 radical (unpaired) electrons. The van der Waals surface area contributed by atoms with Crippen molar-refractivity contribution in [2.45, 2.75) is 63.8 Å². The first kappa shape index (κ1) is 21.3. The average Bonchev–Trinajstić information content (AvgIpc) is 3.08. The van der Waals surface area contributed by atoms with Gasteiger partial charge in [0.15, 0.2) is 0 Å². The first-order valence-electron chi connectivity index (χ1n) is 10.3. The van der Waals surface area contributed by atoms with Gasteiger partial charge in [-0.1, -0.05) is 54.6 Å². The lowest BCUT2D eigenvalue weighted by atomic mass is 9.94. The van der Waals surface area contributed by atoms with Crippen LogP contribution in [0.25, 0.3) is 0 Å². The van der Waals surface area contributed by atoms with Crippen molar-refractivity contribution < 1.29 is 15.0 Å². The second-order valence-corrected chi connectivity index (χ2v) is 8.85. The van der Waals surface area contributed by atoms with E-state index in [1.54, 1.807) is 0 Å². The molecule has 29 heavy (non-hydrogen) atoms. The summed E-state index contributed by atoms with van der Waals surface area (Å²) in [5.41, 5.74) is 3.03. The zero-order valence-electron chi connectivity index (χ0n) is 17.5. The van der Waals surface area contributed by atoms with E-state index in [9.17, 15) is 15.0 Å². The van der Waals surface area contributed by atoms with E-state index in [0.717, 1.165) is 18.4 Å². The molecule has 0 aromatic heterocycles. The third kappa shape index (κ3) is 5.17. The third-order valence-electron chi connectivity index (χ3n) is 5.70. The Morgan fingerprint density at radius 1 is 1.14 bits per heavy atom. The molecule has 0 aliphatic heterocycles. The van der Waals surface area contributed by atoms with Crippen LogP contribution in [0.5, 0.6) is 0 Å². The van der Waals surface area contributed by atoms with Gasteiger partial charge in [0.25, 0.3) is 0 Å². The van der Waals surface area contributed by atoms with Crippen LogP contribution in [0.15, 0.2) is 54.6 Å². The number of carbonyl (C=O) groups is 1. The highest BCUT2D eigenvalue weighted by Crippen LogP contribution is 2.31. The Kier molecular flexibility index (Phi) is 6.60. The molecule has 0 saturated heterocycles. The van der Waals surface area contributed by atoms with Gasteiger partial charge in [-0.25, -0.2) is 4.79 Å². The minimum atomic E-state index is -1.01. The van der Waals surface area contributed by atoms with Gasteiger partial charge in [-0.3, -0.25) is 4.90 Å². The van der Waals surface area contributed by atoms with Crippen LogP contribution < -0.4 is 5.32 Å². The van der Waals surface area contributed by atoms with E-state index >= 15 is 0 Å². The summed E-state index contributed by atoms with van der Waals surface area (Å²) in [5.74, 6) is 0. The molecule has 2 aromatic carbocycles. The molecule has 1 aliphatic carbocycles. The van der Waals surface area contributed by atoms with E-state index in [2.05, 4.69) is 23.5 Å². The normalized spacial score (nSPS) is 18.1. The van der Waals surface area contributed by atoms with Crippen molar-refractivity contribution in [1.82, 2.24) is 10.2 Å². The van der Waals surface area contributed by atoms with Gasteiger partial charge in [0, 0.05) is 18.1 Å². The summed E-state index contributed by atoms with van der Waals surface area (Å²) in [4.78, 5) is 13.5. The van der Waals surface area contributed by atoms with Gasteiger partial charge in [-0.2, -0.15) is 0 Å². The molecule has 5 nitrogen and oxygen atoms in total. The zero-order chi connectivity index (χ0) is 21.0. The Morgan fingerprint density at radius 3 is 2.45 bits per heavy atom. The fourth-order valence-corrected chi connectivity index (χ4v) is 4.35. The number of nitrogens with zero attached hydrogens (tertiary/aromatic N) is 1. The van der Waals surface area contributed by atoms with Crippen molar-refractivity contribution in [2.75, 3.05) is 6.54 Å². The van der Waals surface area contributed by atoms with Gasteiger partial charge in [-0.05, 0) is 56.7 Å². The van der Waals surface area contributed by atoms with Gasteiger partial charge in [0.05, 0.1) is 12.1 Å². The predicted molar refractivity (Wildman–Crippen MR) is 115 cm³/mol. The van der Waals surface area contributed by atoms with Crippen LogP contribution in [-0.2, 0) is 12.8 Å². The van der Waals surface area contributed by atoms with Crippen LogP contribution in [0.4, 0.5) is 4.79 Å². The molecule has 3 atom stereocenters. The van der Waals surface area contributed by atoms with Crippen molar-refractivity contribution in [3.05, 3.63) is 71.3 Å². The molecule has 3 N–H and O–H groups in total. The molecule has 1 unspecified atom stereocenters. The molecule has 0 heterocycles. The molecule has 0 bridgehead atoms. The van der Waals surface area contributed by atoms with Crippen molar-refractivity contribution in [3.8, 4) is 0 Å². The molecule has 3 rings (SSSR count). The van der Waals surface area contributed by atoms with Crippen molar-refractivity contribution in [1.29, 1.82) is 0 Å². The predicted octanol–water partition coefficient (Wildman–Crippen LogP) is 4.01. The van der Waals surface area contributed by atoms with E-state index in [-0.39, 0.29) is 6.04 Å². The van der Waals surface area contributed by atoms with Gasteiger partial charge in [0.1, 0.15) is 0 Å². The number of benzene rings is 2. The highest BCUT2D eigenvalue weighted by atomic mass is 16.4. The van der Waals surface area contributed by atoms with Crippen molar-refractivity contribution >= 4 is 6.09 Å². The highest BCUT2D eigenvalue weighted by molar-refractivity contribution is 5.66. The highest BCUT2D eigenvalue weighted by Gasteiger charge is 2.37. The Balaban J connectivity index is 1.77. The molecule has 0 spiro atoms. The summed E-state index contributed by atoms with van der Waals surface area (Å²) in [7, 11) is 0. The molecule has 0 fully saturated rings. The van der Waals surface area contributed by atoms with E-state index < -0.39 is 23.8 Å². The summed E-state index contributed by atoms with van der Waals surface area (Å²) in [5, 5.41) is 24.5. The second-order valence-electron chi connectivity index (χ2n) is 8.85. The lowest BCUT2D eigenvalue weighted by Crippen LogP contribution is -2.58. The maximum Gasteiger partial charge on any atom is 0.408 e. The largest absolute Gasteiger partial charge is 0.465 e. The molecule has 1 amide bonds. The number of aliphatic hydroxyl groups is 1. The van der Waals surface area contributed by atoms with Gasteiger partial charge < -0.3 is 15.5 Å². The molecule has 2 aromatic rings. The van der Waals surface area contributed by atoms with Crippen LogP contribution in [-0.4, -0.2) is 45.4 Å². The van der Waals surface area contributed by atoms with Crippen LogP contribution in [0, 0.1) is 0 Å². The van der Waals surface area contributed by atoms with E-state index in [1.165, 1.54) is 16.0 Å². The minimum absolute atomic E-state index is 0.200. The number of hydrogen-bond acceptors (Lipinski definition) is 3. The number of nitrogens with one attached hydrogen (secondary N) is 1. The summed E-state index contributed by atoms with van der Waals surface area (Å²) in [6.45, 7) is 5.95. The maximum atomic E-state index is 12.1. The quantitative estimate of drug-likeness (QED) is 0.661. The minimum Gasteiger partial charge on any atom is -0.465 e. The van der Waals surface area contributed by atoms with Gasteiger partial charge in [0.2, 0.25) is 0 Å². The number of carboxylic acid groups (broad SMARTS) is 1. The number of aliphatic hydroxyl groups excluding tert-OH is 1. The van der Waals surface area contributed by atoms with Gasteiger partial charge >= 0.3 is 6.09 Å². The Hall–Kier alpha value is -2.37. The fourth-order valence-electron chi connectivity index (χ4n) is 4.35. The van der Waals surface area contributed by atoms with Crippen LogP contribution in [0.2, 0.25) is 0 Å². The summed E-state index contributed by atoms with van der Waals surface area (Å²) in [6.07, 6.45) is 0.661. The number of hydrogen-bond donors (Lipinski definition) is 3. The summed E-state index contributed by atoms with van der Waals surface area (Å²) in [6, 6.07) is 17.8. The average molecular weight is 397 g/mol. The third-order valence-corrected chi connectivity index (χ3v) is 5.70. The zero-order valence-corrected chi connectivity index (χ0v) is 17.5. The standard InChI is InChI=1S/C24H32N2O3/c1-24(2,3)26(23(28)29)21(15-17-9-5-4-6-10-17)22(27)16-25-20-14-13-18-11-7-8-12-19(18)20/h4-12,20-22,25,27H,13-16H2,1-3H3,(H,28,29)/t20?,21-,22+/m0/s1. The summed E-state index contributed by atoms with van der Waals surface area (Å²) < 4.78 is 0. The fraction of sp³-hybridized carbons (Fsp3) is 0.458.